The minimum absolute atomic E-state index is 0.669. The number of hydrogen-bond acceptors (Lipinski definition) is 3. The Bertz CT molecular complexity index is 338. The highest BCUT2D eigenvalue weighted by molar-refractivity contribution is 6.84. The fourth-order valence-corrected chi connectivity index (χ4v) is 11.3. The van der Waals surface area contributed by atoms with Gasteiger partial charge < -0.3 is 13.6 Å². The maximum absolute atomic E-state index is 6.61. The van der Waals surface area contributed by atoms with E-state index in [1.54, 1.807) is 0 Å². The van der Waals surface area contributed by atoms with Crippen LogP contribution in [0.15, 0.2) is 24.3 Å². The zero-order valence-corrected chi connectivity index (χ0v) is 18.3. The highest BCUT2D eigenvalue weighted by Crippen LogP contribution is 2.25. The van der Waals surface area contributed by atoms with Crippen molar-refractivity contribution >= 4 is 16.6 Å². The van der Waals surface area contributed by atoms with Crippen molar-refractivity contribution in [3.8, 4) is 0 Å². The molecule has 0 fully saturated rings. The quantitative estimate of drug-likeness (QED) is 0.237. The smallest absolute Gasteiger partial charge is 0.176 e. The molecule has 0 aliphatic rings. The Kier molecular flexibility index (Phi) is 11.3. The molecule has 23 heavy (non-hydrogen) atoms. The second-order valence-corrected chi connectivity index (χ2v) is 16.8. The molecule has 0 aromatic rings. The third kappa shape index (κ3) is 15.1. The lowest BCUT2D eigenvalue weighted by Crippen LogP contribution is -2.44. The molecule has 0 saturated heterocycles. The zero-order chi connectivity index (χ0) is 17.9. The first-order valence-corrected chi connectivity index (χ1v) is 14.9. The fourth-order valence-electron chi connectivity index (χ4n) is 2.56. The van der Waals surface area contributed by atoms with Gasteiger partial charge in [0.15, 0.2) is 16.6 Å². The molecule has 0 bridgehead atoms. The molecule has 0 aromatic heterocycles. The summed E-state index contributed by atoms with van der Waals surface area (Å²) in [5.41, 5.74) is 2.16. The van der Waals surface area contributed by atoms with Crippen molar-refractivity contribution in [3.63, 3.8) is 0 Å². The van der Waals surface area contributed by atoms with Crippen LogP contribution in [0.1, 0.15) is 26.7 Å². The van der Waals surface area contributed by atoms with Gasteiger partial charge in [0.1, 0.15) is 0 Å². The molecule has 3 nitrogen and oxygen atoms in total. The summed E-state index contributed by atoms with van der Waals surface area (Å²) >= 11 is 0. The van der Waals surface area contributed by atoms with Crippen molar-refractivity contribution in [3.05, 3.63) is 24.3 Å². The van der Waals surface area contributed by atoms with Gasteiger partial charge in [0.05, 0.1) is 13.2 Å². The predicted octanol–water partition coefficient (Wildman–Crippen LogP) is 5.38. The average Bonchev–Trinajstić information content (AvgIpc) is 2.35. The van der Waals surface area contributed by atoms with Gasteiger partial charge in [-0.3, -0.25) is 0 Å². The van der Waals surface area contributed by atoms with E-state index in [2.05, 4.69) is 39.3 Å². The minimum atomic E-state index is -1.68. The molecule has 136 valence electrons. The molecule has 0 saturated carbocycles. The van der Waals surface area contributed by atoms with Gasteiger partial charge >= 0.3 is 0 Å². The van der Waals surface area contributed by atoms with Gasteiger partial charge in [-0.15, -0.1) is 0 Å². The molecule has 0 rings (SSSR count). The first kappa shape index (κ1) is 22.8. The third-order valence-electron chi connectivity index (χ3n) is 3.24. The van der Waals surface area contributed by atoms with Crippen LogP contribution in [0.3, 0.4) is 0 Å². The number of rotatable bonds is 14. The van der Waals surface area contributed by atoms with Gasteiger partial charge in [-0.1, -0.05) is 24.3 Å². The Morgan fingerprint density at radius 2 is 1.17 bits per heavy atom. The Labute approximate surface area is 146 Å². The van der Waals surface area contributed by atoms with Crippen LogP contribution in [0.4, 0.5) is 0 Å². The molecular weight excluding hydrogens is 320 g/mol. The first-order chi connectivity index (χ1) is 10.5. The van der Waals surface area contributed by atoms with E-state index in [0.29, 0.717) is 13.2 Å². The van der Waals surface area contributed by atoms with Gasteiger partial charge in [0, 0.05) is 13.2 Å². The van der Waals surface area contributed by atoms with Crippen molar-refractivity contribution in [2.24, 2.45) is 0 Å². The van der Waals surface area contributed by atoms with Crippen molar-refractivity contribution in [1.82, 2.24) is 0 Å². The lowest BCUT2D eigenvalue weighted by Gasteiger charge is -2.35. The topological polar surface area (TPSA) is 27.7 Å². The van der Waals surface area contributed by atoms with E-state index in [1.807, 2.05) is 13.8 Å². The lowest BCUT2D eigenvalue weighted by molar-refractivity contribution is 0.154. The summed E-state index contributed by atoms with van der Waals surface area (Å²) < 4.78 is 17.9. The van der Waals surface area contributed by atoms with E-state index in [-0.39, 0.29) is 0 Å². The fraction of sp³-hybridized carbons (Fsp3) is 0.778. The summed E-state index contributed by atoms with van der Waals surface area (Å²) in [5, 5.41) is 0. The van der Waals surface area contributed by atoms with Crippen molar-refractivity contribution < 1.29 is 13.6 Å². The van der Waals surface area contributed by atoms with E-state index < -0.39 is 16.6 Å². The Morgan fingerprint density at radius 3 is 1.48 bits per heavy atom. The predicted molar refractivity (Wildman–Crippen MR) is 106 cm³/mol. The summed E-state index contributed by atoms with van der Waals surface area (Å²) in [5.74, 6) is 0. The summed E-state index contributed by atoms with van der Waals surface area (Å²) in [6, 6.07) is 2.32. The van der Waals surface area contributed by atoms with E-state index in [9.17, 15) is 0 Å². The first-order valence-electron chi connectivity index (χ1n) is 8.68. The molecule has 0 aliphatic heterocycles. The number of ether oxygens (including phenoxy) is 2. The average molecular weight is 359 g/mol. The van der Waals surface area contributed by atoms with Gasteiger partial charge in [-0.05, 0) is 65.0 Å². The SMILES string of the molecule is C=C(C)COCCC[Si](C)(CCCOCC(=C)C)O[Si](C)(C)C. The Morgan fingerprint density at radius 1 is 0.783 bits per heavy atom. The van der Waals surface area contributed by atoms with E-state index in [1.165, 1.54) is 0 Å². The van der Waals surface area contributed by atoms with E-state index in [0.717, 1.165) is 49.3 Å². The van der Waals surface area contributed by atoms with Gasteiger partial charge in [0.25, 0.3) is 0 Å². The largest absolute Gasteiger partial charge is 0.456 e. The molecule has 0 atom stereocenters. The standard InChI is InChI=1S/C18H38O3Si2/c1-17(2)15-19-11-9-13-23(8,21-22(5,6)7)14-10-12-20-16-18(3)4/h1,3,9-16H2,2,4-8H3. The Balaban J connectivity index is 4.23. The van der Waals surface area contributed by atoms with Crippen molar-refractivity contribution in [2.75, 3.05) is 26.4 Å². The van der Waals surface area contributed by atoms with Gasteiger partial charge in [-0.2, -0.15) is 0 Å². The van der Waals surface area contributed by atoms with Crippen LogP contribution in [0.2, 0.25) is 38.3 Å². The van der Waals surface area contributed by atoms with Crippen LogP contribution in [-0.4, -0.2) is 43.1 Å². The third-order valence-corrected chi connectivity index (χ3v) is 10.5. The van der Waals surface area contributed by atoms with E-state index >= 15 is 0 Å². The van der Waals surface area contributed by atoms with Crippen LogP contribution in [-0.2, 0) is 13.6 Å². The van der Waals surface area contributed by atoms with Crippen LogP contribution >= 0.6 is 0 Å². The van der Waals surface area contributed by atoms with Gasteiger partial charge in [0.2, 0.25) is 0 Å². The maximum Gasteiger partial charge on any atom is 0.176 e. The molecule has 0 radical (unpaired) electrons. The lowest BCUT2D eigenvalue weighted by atomic mass is 10.4. The van der Waals surface area contributed by atoms with Crippen LogP contribution in [0, 0.1) is 0 Å². The monoisotopic (exact) mass is 358 g/mol. The second kappa shape index (κ2) is 11.4. The molecular formula is C18H38O3Si2. The molecule has 5 heteroatoms. The zero-order valence-electron chi connectivity index (χ0n) is 16.3. The van der Waals surface area contributed by atoms with Crippen molar-refractivity contribution in [2.45, 2.75) is 65.0 Å². The van der Waals surface area contributed by atoms with Crippen molar-refractivity contribution in [1.29, 1.82) is 0 Å². The second-order valence-electron chi connectivity index (χ2n) is 7.89. The summed E-state index contributed by atoms with van der Waals surface area (Å²) in [6.07, 6.45) is 2.15. The van der Waals surface area contributed by atoms with Crippen LogP contribution in [0.5, 0.6) is 0 Å². The van der Waals surface area contributed by atoms with E-state index in [4.69, 9.17) is 13.6 Å². The molecule has 0 amide bonds. The molecule has 0 unspecified atom stereocenters. The molecule has 0 spiro atoms. The molecule has 0 aromatic carbocycles. The maximum atomic E-state index is 6.61. The Hall–Kier alpha value is -0.206. The van der Waals surface area contributed by atoms with Crippen LogP contribution in [0.25, 0.3) is 0 Å². The minimum Gasteiger partial charge on any atom is -0.456 e. The summed E-state index contributed by atoms with van der Waals surface area (Å²) in [6.45, 7) is 23.9. The summed E-state index contributed by atoms with van der Waals surface area (Å²) in [7, 11) is -3.20. The van der Waals surface area contributed by atoms with Gasteiger partial charge in [-0.25, -0.2) is 0 Å². The molecule has 0 N–H and O–H groups in total. The highest BCUT2D eigenvalue weighted by atomic mass is 28.4. The van der Waals surface area contributed by atoms with Crippen LogP contribution < -0.4 is 0 Å². The highest BCUT2D eigenvalue weighted by Gasteiger charge is 2.33. The number of hydrogen-bond donors (Lipinski definition) is 0. The molecule has 0 heterocycles. The normalized spacial score (nSPS) is 12.4. The molecule has 0 aliphatic carbocycles. The summed E-state index contributed by atoms with van der Waals surface area (Å²) in [4.78, 5) is 0.